The molecular weight excluding hydrogens is 499 g/mol. The maximum absolute atomic E-state index is 12.8. The lowest BCUT2D eigenvalue weighted by atomic mass is 9.61. The highest BCUT2D eigenvalue weighted by Gasteiger charge is 2.55. The third kappa shape index (κ3) is 4.15. The van der Waals surface area contributed by atoms with E-state index >= 15 is 0 Å². The summed E-state index contributed by atoms with van der Waals surface area (Å²) in [6, 6.07) is 4.98. The number of aromatic nitrogens is 3. The smallest absolute Gasteiger partial charge is 0.370 e. The Hall–Kier alpha value is -2.67. The Bertz CT molecular complexity index is 1270. The van der Waals surface area contributed by atoms with Crippen molar-refractivity contribution in [3.63, 3.8) is 0 Å². The minimum Gasteiger partial charge on any atom is -0.370 e. The molecule has 6 rings (SSSR count). The fourth-order valence-corrected chi connectivity index (χ4v) is 6.16. The maximum Gasteiger partial charge on any atom is 0.501 e. The number of nitrogens with zero attached hydrogens (tertiary/aromatic N) is 5. The second-order valence-corrected chi connectivity index (χ2v) is 12.4. The van der Waals surface area contributed by atoms with Gasteiger partial charge in [0.1, 0.15) is 6.33 Å². The fraction of sp³-hybridized carbons (Fsp3) is 0.609. The molecule has 2 aromatic rings. The zero-order valence-electron chi connectivity index (χ0n) is 19.4. The van der Waals surface area contributed by atoms with Crippen LogP contribution in [0.25, 0.3) is 0 Å². The Morgan fingerprint density at radius 1 is 1.14 bits per heavy atom. The van der Waals surface area contributed by atoms with Crippen molar-refractivity contribution in [3.8, 4) is 0 Å². The lowest BCUT2D eigenvalue weighted by Crippen LogP contribution is -2.68. The Kier molecular flexibility index (Phi) is 5.38. The molecule has 2 saturated heterocycles. The van der Waals surface area contributed by atoms with Crippen molar-refractivity contribution in [2.24, 2.45) is 5.41 Å². The molecule has 1 spiro atoms. The first-order valence-electron chi connectivity index (χ1n) is 12.0. The quantitative estimate of drug-likeness (QED) is 0.575. The van der Waals surface area contributed by atoms with E-state index in [4.69, 9.17) is 4.74 Å². The minimum absolute atomic E-state index is 0.0287. The number of sulfone groups is 1. The molecule has 13 heteroatoms. The second kappa shape index (κ2) is 8.17. The molecule has 3 heterocycles. The van der Waals surface area contributed by atoms with E-state index in [0.717, 1.165) is 43.9 Å². The Morgan fingerprint density at radius 2 is 1.86 bits per heavy atom. The van der Waals surface area contributed by atoms with Crippen molar-refractivity contribution in [2.75, 3.05) is 26.2 Å². The first kappa shape index (κ1) is 23.7. The van der Waals surface area contributed by atoms with Crippen LogP contribution >= 0.6 is 0 Å². The molecule has 9 nitrogen and oxygen atoms in total. The normalized spacial score (nSPS) is 22.3. The summed E-state index contributed by atoms with van der Waals surface area (Å²) in [4.78, 5) is 19.9. The molecule has 0 bridgehead atoms. The first-order chi connectivity index (χ1) is 17.0. The van der Waals surface area contributed by atoms with Crippen LogP contribution in [0.2, 0.25) is 0 Å². The van der Waals surface area contributed by atoms with Gasteiger partial charge in [-0.3, -0.25) is 0 Å². The van der Waals surface area contributed by atoms with E-state index in [-0.39, 0.29) is 24.2 Å². The molecule has 2 saturated carbocycles. The molecule has 0 unspecified atom stereocenters. The average Bonchev–Trinajstić information content (AvgIpc) is 3.48. The van der Waals surface area contributed by atoms with E-state index in [1.165, 1.54) is 25.0 Å². The topological polar surface area (TPSA) is 97.6 Å². The van der Waals surface area contributed by atoms with Crippen molar-refractivity contribution in [1.29, 1.82) is 0 Å². The molecule has 0 N–H and O–H groups in total. The van der Waals surface area contributed by atoms with E-state index in [0.29, 0.717) is 30.6 Å². The molecule has 0 atom stereocenters. The number of halogens is 3. The number of carbonyl (C=O) groups is 1. The fourth-order valence-electron chi connectivity index (χ4n) is 5.33. The molecule has 4 fully saturated rings. The summed E-state index contributed by atoms with van der Waals surface area (Å²) in [6.07, 6.45) is 5.94. The van der Waals surface area contributed by atoms with Crippen molar-refractivity contribution >= 4 is 15.9 Å². The summed E-state index contributed by atoms with van der Waals surface area (Å²) in [5.41, 5.74) is -4.85. The van der Waals surface area contributed by atoms with Gasteiger partial charge in [-0.05, 0) is 43.4 Å². The van der Waals surface area contributed by atoms with E-state index < -0.39 is 20.2 Å². The van der Waals surface area contributed by atoms with Crippen LogP contribution in [-0.4, -0.2) is 76.8 Å². The number of ether oxygens (including phenoxy) is 1. The third-order valence-corrected chi connectivity index (χ3v) is 9.10. The standard InChI is InChI=1S/C23H26F3N5O4S/c24-23(25,26)36(33,34)19-3-1-2-15(6-19)11-35-18-9-29(10-18)21(32)30-12-22(13-30)7-17(8-22)31-14-27-20(28-31)16-4-5-16/h1-3,6,14,16-18H,4-5,7-13H2. The zero-order chi connectivity index (χ0) is 25.3. The van der Waals surface area contributed by atoms with E-state index in [1.807, 2.05) is 15.9 Å². The number of carbonyl (C=O) groups excluding carboxylic acids is 1. The number of alkyl halides is 3. The average molecular weight is 526 g/mol. The summed E-state index contributed by atoms with van der Waals surface area (Å²) in [7, 11) is -5.40. The van der Waals surface area contributed by atoms with Gasteiger partial charge in [-0.1, -0.05) is 12.1 Å². The van der Waals surface area contributed by atoms with Crippen LogP contribution in [0.1, 0.15) is 49.0 Å². The van der Waals surface area contributed by atoms with Gasteiger partial charge in [-0.15, -0.1) is 0 Å². The number of benzene rings is 1. The molecular formula is C23H26F3N5O4S. The van der Waals surface area contributed by atoms with Crippen LogP contribution in [-0.2, 0) is 21.2 Å². The monoisotopic (exact) mass is 525 g/mol. The molecule has 4 aliphatic rings. The zero-order valence-corrected chi connectivity index (χ0v) is 20.2. The van der Waals surface area contributed by atoms with E-state index in [1.54, 1.807) is 4.90 Å². The van der Waals surface area contributed by atoms with Gasteiger partial charge in [0.2, 0.25) is 0 Å². The maximum atomic E-state index is 12.8. The number of likely N-dealkylation sites (tertiary alicyclic amines) is 2. The minimum atomic E-state index is -5.40. The van der Waals surface area contributed by atoms with E-state index in [9.17, 15) is 26.4 Å². The Balaban J connectivity index is 0.932. The van der Waals surface area contributed by atoms with E-state index in [2.05, 4.69) is 10.1 Å². The summed E-state index contributed by atoms with van der Waals surface area (Å²) in [5.74, 6) is 1.49. The summed E-state index contributed by atoms with van der Waals surface area (Å²) >= 11 is 0. The lowest BCUT2D eigenvalue weighted by Gasteiger charge is -2.59. The largest absolute Gasteiger partial charge is 0.501 e. The summed E-state index contributed by atoms with van der Waals surface area (Å²) in [6.45, 7) is 2.22. The molecule has 1 aromatic heterocycles. The highest BCUT2D eigenvalue weighted by atomic mass is 32.2. The number of hydrogen-bond donors (Lipinski definition) is 0. The molecule has 2 amide bonds. The number of amides is 2. The number of hydrogen-bond acceptors (Lipinski definition) is 6. The number of urea groups is 1. The molecule has 2 aliphatic heterocycles. The lowest BCUT2D eigenvalue weighted by molar-refractivity contribution is -0.0924. The van der Waals surface area contributed by atoms with Crippen LogP contribution in [0, 0.1) is 5.41 Å². The van der Waals surface area contributed by atoms with Crippen molar-refractivity contribution < 1.29 is 31.1 Å². The third-order valence-electron chi connectivity index (χ3n) is 7.62. The van der Waals surface area contributed by atoms with Gasteiger partial charge in [-0.2, -0.15) is 18.3 Å². The van der Waals surface area contributed by atoms with Crippen LogP contribution in [0.3, 0.4) is 0 Å². The van der Waals surface area contributed by atoms with Crippen LogP contribution < -0.4 is 0 Å². The van der Waals surface area contributed by atoms with Gasteiger partial charge >= 0.3 is 11.5 Å². The molecule has 0 radical (unpaired) electrons. The summed E-state index contributed by atoms with van der Waals surface area (Å²) in [5, 5.41) is 4.62. The van der Waals surface area contributed by atoms with Crippen LogP contribution in [0.4, 0.5) is 18.0 Å². The Morgan fingerprint density at radius 3 is 2.53 bits per heavy atom. The molecule has 36 heavy (non-hydrogen) atoms. The highest BCUT2D eigenvalue weighted by molar-refractivity contribution is 7.92. The SMILES string of the molecule is O=C(N1CC(OCc2cccc(S(=O)(=O)C(F)(F)F)c2)C1)N1CC2(CC(n3cnc(C4CC4)n3)C2)C1. The predicted octanol–water partition coefficient (Wildman–Crippen LogP) is 3.11. The van der Waals surface area contributed by atoms with Crippen molar-refractivity contribution in [1.82, 2.24) is 24.6 Å². The second-order valence-electron chi connectivity index (χ2n) is 10.5. The molecule has 194 valence electrons. The Labute approximate surface area is 206 Å². The van der Waals surface area contributed by atoms with Gasteiger partial charge in [0, 0.05) is 24.4 Å². The first-order valence-corrected chi connectivity index (χ1v) is 13.5. The van der Waals surface area contributed by atoms with Crippen LogP contribution in [0.5, 0.6) is 0 Å². The highest BCUT2D eigenvalue weighted by Crippen LogP contribution is 2.54. The van der Waals surface area contributed by atoms with Gasteiger partial charge in [0.05, 0.1) is 36.7 Å². The predicted molar refractivity (Wildman–Crippen MR) is 120 cm³/mol. The van der Waals surface area contributed by atoms with Crippen molar-refractivity contribution in [2.45, 2.75) is 60.8 Å². The van der Waals surface area contributed by atoms with Gasteiger partial charge < -0.3 is 14.5 Å². The molecule has 1 aromatic carbocycles. The van der Waals surface area contributed by atoms with Gasteiger partial charge in [0.25, 0.3) is 9.84 Å². The van der Waals surface area contributed by atoms with Gasteiger partial charge in [-0.25, -0.2) is 22.9 Å². The van der Waals surface area contributed by atoms with Crippen molar-refractivity contribution in [3.05, 3.63) is 42.0 Å². The molecule has 2 aliphatic carbocycles. The van der Waals surface area contributed by atoms with Gasteiger partial charge in [0.15, 0.2) is 5.82 Å². The van der Waals surface area contributed by atoms with Crippen LogP contribution in [0.15, 0.2) is 35.5 Å². The number of rotatable bonds is 6. The summed E-state index contributed by atoms with van der Waals surface area (Å²) < 4.78 is 69.2.